The van der Waals surface area contributed by atoms with Crippen molar-refractivity contribution in [2.75, 3.05) is 6.61 Å². The van der Waals surface area contributed by atoms with Gasteiger partial charge in [-0.2, -0.15) is 5.10 Å². The minimum absolute atomic E-state index is 0.119. The van der Waals surface area contributed by atoms with E-state index in [1.807, 2.05) is 24.3 Å². The molecule has 0 aromatic heterocycles. The molecule has 4 aromatic rings. The first-order valence-corrected chi connectivity index (χ1v) is 11.6. The highest BCUT2D eigenvalue weighted by atomic mass is 16.5. The zero-order valence-electron chi connectivity index (χ0n) is 18.6. The number of hydrogen-bond acceptors (Lipinski definition) is 4. The summed E-state index contributed by atoms with van der Waals surface area (Å²) in [5, 5.41) is 9.77. The molecular weight excluding hydrogens is 408 g/mol. The summed E-state index contributed by atoms with van der Waals surface area (Å²) in [5.41, 5.74) is 4.47. The Kier molecular flexibility index (Phi) is 4.99. The van der Waals surface area contributed by atoms with Crippen molar-refractivity contribution in [3.8, 4) is 11.5 Å². The van der Waals surface area contributed by atoms with Crippen molar-refractivity contribution in [1.82, 2.24) is 5.01 Å². The Morgan fingerprint density at radius 2 is 1.64 bits per heavy atom. The van der Waals surface area contributed by atoms with E-state index in [-0.39, 0.29) is 12.3 Å². The number of ether oxygens (including phenoxy) is 2. The molecule has 6 rings (SSSR count). The van der Waals surface area contributed by atoms with E-state index >= 15 is 0 Å². The summed E-state index contributed by atoms with van der Waals surface area (Å²) in [5.74, 6) is 1.78. The van der Waals surface area contributed by atoms with Crippen LogP contribution in [0.25, 0.3) is 10.8 Å². The molecule has 2 heterocycles. The third-order valence-electron chi connectivity index (χ3n) is 6.45. The molecule has 0 aliphatic carbocycles. The molecule has 33 heavy (non-hydrogen) atoms. The molecule has 2 aliphatic heterocycles. The second kappa shape index (κ2) is 8.28. The van der Waals surface area contributed by atoms with Gasteiger partial charge in [0.1, 0.15) is 11.5 Å². The fourth-order valence-electron chi connectivity index (χ4n) is 4.91. The first kappa shape index (κ1) is 19.9. The standard InChI is InChI=1S/C29H26N2O2/c1-2-18-32-27-16-7-6-14-24(27)29-31-26(23-13-5-8-17-28(23)33-29)19-25(30-31)22-15-9-11-20-10-3-4-12-21(20)22/h3-17,26,29H,2,18-19H2,1H3/t26-,29-/m0/s1. The van der Waals surface area contributed by atoms with E-state index in [4.69, 9.17) is 14.6 Å². The molecule has 0 saturated carbocycles. The first-order chi connectivity index (χ1) is 16.3. The van der Waals surface area contributed by atoms with Crippen LogP contribution in [0.3, 0.4) is 0 Å². The zero-order valence-corrected chi connectivity index (χ0v) is 18.6. The topological polar surface area (TPSA) is 34.1 Å². The van der Waals surface area contributed by atoms with Gasteiger partial charge < -0.3 is 9.47 Å². The van der Waals surface area contributed by atoms with Crippen LogP contribution < -0.4 is 9.47 Å². The molecule has 0 unspecified atom stereocenters. The van der Waals surface area contributed by atoms with Gasteiger partial charge in [-0.3, -0.25) is 0 Å². The van der Waals surface area contributed by atoms with Crippen LogP contribution in [0, 0.1) is 0 Å². The average molecular weight is 435 g/mol. The van der Waals surface area contributed by atoms with Crippen LogP contribution in [0.15, 0.2) is 96.1 Å². The van der Waals surface area contributed by atoms with E-state index in [9.17, 15) is 0 Å². The molecule has 0 fully saturated rings. The van der Waals surface area contributed by atoms with Crippen molar-refractivity contribution in [2.45, 2.75) is 32.0 Å². The molecule has 4 nitrogen and oxygen atoms in total. The average Bonchev–Trinajstić information content (AvgIpc) is 3.32. The molecule has 2 aliphatic rings. The van der Waals surface area contributed by atoms with E-state index in [0.29, 0.717) is 6.61 Å². The van der Waals surface area contributed by atoms with Gasteiger partial charge in [0.2, 0.25) is 6.23 Å². The maximum atomic E-state index is 6.56. The Balaban J connectivity index is 1.47. The highest BCUT2D eigenvalue weighted by Crippen LogP contribution is 2.49. The Morgan fingerprint density at radius 3 is 2.55 bits per heavy atom. The maximum absolute atomic E-state index is 6.56. The molecule has 0 radical (unpaired) electrons. The molecule has 0 amide bonds. The molecule has 0 bridgehead atoms. The van der Waals surface area contributed by atoms with Crippen molar-refractivity contribution in [2.24, 2.45) is 5.10 Å². The normalized spacial score (nSPS) is 18.9. The van der Waals surface area contributed by atoms with E-state index in [2.05, 4.69) is 78.7 Å². The Hall–Kier alpha value is -3.79. The Labute approximate surface area is 194 Å². The van der Waals surface area contributed by atoms with Crippen LogP contribution in [0.1, 0.15) is 48.7 Å². The highest BCUT2D eigenvalue weighted by molar-refractivity contribution is 6.11. The van der Waals surface area contributed by atoms with Crippen LogP contribution in [-0.4, -0.2) is 17.3 Å². The van der Waals surface area contributed by atoms with Crippen molar-refractivity contribution >= 4 is 16.5 Å². The molecule has 4 heteroatoms. The second-order valence-corrected chi connectivity index (χ2v) is 8.57. The quantitative estimate of drug-likeness (QED) is 0.344. The summed E-state index contributed by atoms with van der Waals surface area (Å²) in [6, 6.07) is 31.6. The maximum Gasteiger partial charge on any atom is 0.217 e. The molecule has 0 saturated heterocycles. The van der Waals surface area contributed by atoms with Gasteiger partial charge in [0.05, 0.1) is 23.9 Å². The summed E-state index contributed by atoms with van der Waals surface area (Å²) in [6.07, 6.45) is 1.45. The van der Waals surface area contributed by atoms with Gasteiger partial charge in [0.15, 0.2) is 0 Å². The molecule has 2 atom stereocenters. The van der Waals surface area contributed by atoms with Crippen LogP contribution in [0.5, 0.6) is 11.5 Å². The van der Waals surface area contributed by atoms with Crippen molar-refractivity contribution < 1.29 is 9.47 Å². The molecule has 0 spiro atoms. The summed E-state index contributed by atoms with van der Waals surface area (Å²) >= 11 is 0. The number of hydrazone groups is 1. The minimum Gasteiger partial charge on any atom is -0.493 e. The summed E-state index contributed by atoms with van der Waals surface area (Å²) in [7, 11) is 0. The van der Waals surface area contributed by atoms with E-state index in [1.54, 1.807) is 0 Å². The lowest BCUT2D eigenvalue weighted by atomic mass is 9.93. The summed E-state index contributed by atoms with van der Waals surface area (Å²) < 4.78 is 12.7. The number of hydrogen-bond donors (Lipinski definition) is 0. The van der Waals surface area contributed by atoms with Gasteiger partial charge in [0, 0.05) is 17.5 Å². The lowest BCUT2D eigenvalue weighted by molar-refractivity contribution is -0.0206. The summed E-state index contributed by atoms with van der Waals surface area (Å²) in [4.78, 5) is 0. The predicted molar refractivity (Wildman–Crippen MR) is 132 cm³/mol. The first-order valence-electron chi connectivity index (χ1n) is 11.6. The lowest BCUT2D eigenvalue weighted by Gasteiger charge is -2.38. The Bertz CT molecular complexity index is 1340. The van der Waals surface area contributed by atoms with Crippen LogP contribution in [0.4, 0.5) is 0 Å². The SMILES string of the molecule is CCCOc1ccccc1[C@@H]1Oc2ccccc2[C@@H]2CC(c3cccc4ccccc34)=NN21. The third kappa shape index (κ3) is 3.43. The van der Waals surface area contributed by atoms with Crippen LogP contribution >= 0.6 is 0 Å². The largest absolute Gasteiger partial charge is 0.493 e. The fourth-order valence-corrected chi connectivity index (χ4v) is 4.91. The second-order valence-electron chi connectivity index (χ2n) is 8.57. The van der Waals surface area contributed by atoms with Crippen LogP contribution in [0.2, 0.25) is 0 Å². The molecule has 164 valence electrons. The number of rotatable bonds is 5. The lowest BCUT2D eigenvalue weighted by Crippen LogP contribution is -2.34. The van der Waals surface area contributed by atoms with Crippen LogP contribution in [-0.2, 0) is 0 Å². The smallest absolute Gasteiger partial charge is 0.217 e. The molecule has 4 aromatic carbocycles. The number of para-hydroxylation sites is 2. The Morgan fingerprint density at radius 1 is 0.879 bits per heavy atom. The van der Waals surface area contributed by atoms with Crippen molar-refractivity contribution in [3.05, 3.63) is 108 Å². The van der Waals surface area contributed by atoms with Gasteiger partial charge in [-0.05, 0) is 35.4 Å². The van der Waals surface area contributed by atoms with Gasteiger partial charge in [-0.1, -0.05) is 79.7 Å². The van der Waals surface area contributed by atoms with Gasteiger partial charge >= 0.3 is 0 Å². The number of nitrogens with zero attached hydrogens (tertiary/aromatic N) is 2. The highest BCUT2D eigenvalue weighted by Gasteiger charge is 2.42. The fraction of sp³-hybridized carbons (Fsp3) is 0.207. The van der Waals surface area contributed by atoms with Crippen molar-refractivity contribution in [3.63, 3.8) is 0 Å². The molecule has 0 N–H and O–H groups in total. The van der Waals surface area contributed by atoms with E-state index in [0.717, 1.165) is 35.6 Å². The van der Waals surface area contributed by atoms with Crippen molar-refractivity contribution in [1.29, 1.82) is 0 Å². The predicted octanol–water partition coefficient (Wildman–Crippen LogP) is 6.87. The number of fused-ring (bicyclic) bond motifs is 4. The van der Waals surface area contributed by atoms with E-state index in [1.165, 1.54) is 21.9 Å². The third-order valence-corrected chi connectivity index (χ3v) is 6.45. The number of benzene rings is 4. The monoisotopic (exact) mass is 434 g/mol. The van der Waals surface area contributed by atoms with Gasteiger partial charge in [-0.15, -0.1) is 0 Å². The van der Waals surface area contributed by atoms with E-state index < -0.39 is 0 Å². The van der Waals surface area contributed by atoms with Gasteiger partial charge in [-0.25, -0.2) is 5.01 Å². The minimum atomic E-state index is -0.342. The zero-order chi connectivity index (χ0) is 22.2. The van der Waals surface area contributed by atoms with Gasteiger partial charge in [0.25, 0.3) is 0 Å². The summed E-state index contributed by atoms with van der Waals surface area (Å²) in [6.45, 7) is 2.79. The molecular formula is C29H26N2O2.